The smallest absolute Gasteiger partial charge is 0.327 e. The number of ether oxygens (including phenoxy) is 1. The number of urea groups is 1. The van der Waals surface area contributed by atoms with Crippen LogP contribution in [-0.4, -0.2) is 31.4 Å². The van der Waals surface area contributed by atoms with Crippen LogP contribution in [0, 0.1) is 0 Å². The molecule has 0 saturated carbocycles. The van der Waals surface area contributed by atoms with Gasteiger partial charge < -0.3 is 4.74 Å². The molecular weight excluding hydrogens is 405 g/mol. The molecule has 0 aliphatic carbocycles. The molecule has 0 saturated heterocycles. The summed E-state index contributed by atoms with van der Waals surface area (Å²) in [6.45, 7) is 4.04. The lowest BCUT2D eigenvalue weighted by molar-refractivity contribution is -0.122. The van der Waals surface area contributed by atoms with Crippen LogP contribution in [0.2, 0.25) is 5.31 Å². The number of benzene rings is 1. The molecule has 0 fully saturated rings. The number of nitrogens with zero attached hydrogens (tertiary/aromatic N) is 1. The van der Waals surface area contributed by atoms with E-state index >= 15 is 0 Å². The van der Waals surface area contributed by atoms with Crippen LogP contribution in [0.3, 0.4) is 0 Å². The van der Waals surface area contributed by atoms with Gasteiger partial charge in [-0.05, 0) is 18.2 Å². The van der Waals surface area contributed by atoms with Crippen LogP contribution in [0.5, 0.6) is 5.75 Å². The summed E-state index contributed by atoms with van der Waals surface area (Å²) in [5, 5.41) is 4.81. The summed E-state index contributed by atoms with van der Waals surface area (Å²) >= 11 is 4.83. The van der Waals surface area contributed by atoms with Crippen LogP contribution in [0.1, 0.15) is 18.7 Å². The van der Waals surface area contributed by atoms with Gasteiger partial charge >= 0.3 is 6.03 Å². The molecule has 2 heterocycles. The number of anilines is 1. The van der Waals surface area contributed by atoms with E-state index in [2.05, 4.69) is 31.5 Å². The minimum atomic E-state index is -0.638. The van der Waals surface area contributed by atoms with Crippen molar-refractivity contribution in [3.63, 3.8) is 0 Å². The predicted octanol–water partition coefficient (Wildman–Crippen LogP) is 2.99. The highest BCUT2D eigenvalue weighted by Gasteiger charge is 2.25. The van der Waals surface area contributed by atoms with Gasteiger partial charge in [0.05, 0.1) is 12.3 Å². The molecule has 9 heteroatoms. The van der Waals surface area contributed by atoms with E-state index < -0.39 is 11.3 Å². The molecule has 3 amide bonds. The molecule has 6 nitrogen and oxygen atoms in total. The molecule has 0 bridgehead atoms. The van der Waals surface area contributed by atoms with E-state index in [0.717, 1.165) is 26.4 Å². The average Bonchev–Trinajstić information content (AvgIpc) is 2.81. The number of imide groups is 1. The molecular formula is C16H17BBrN3O3S. The summed E-state index contributed by atoms with van der Waals surface area (Å²) < 4.78 is 6.71. The van der Waals surface area contributed by atoms with Crippen LogP contribution < -0.4 is 15.4 Å². The number of rotatable bonds is 2. The van der Waals surface area contributed by atoms with Gasteiger partial charge in [-0.1, -0.05) is 29.8 Å². The Kier molecular flexibility index (Phi) is 4.88. The fourth-order valence-electron chi connectivity index (χ4n) is 2.27. The number of thiazole rings is 1. The fourth-order valence-corrected chi connectivity index (χ4v) is 3.56. The van der Waals surface area contributed by atoms with Gasteiger partial charge in [0.2, 0.25) is 5.91 Å². The number of hydrogen-bond donors (Lipinski definition) is 2. The highest BCUT2D eigenvalue weighted by molar-refractivity contribution is 9.10. The molecule has 1 aromatic heterocycles. The van der Waals surface area contributed by atoms with E-state index in [9.17, 15) is 9.59 Å². The standard InChI is InChI=1S/C16H17BBrN3O3S/c1-16(2,17)13(22)20-14(23)21-15-19-12-9-4-3-8(18)7-10(9)24-6-5-11(12)25-15/h3-4,7H,5-6,17H2,1-2H3,(H2,19,20,21,22,23). The minimum Gasteiger partial charge on any atom is -0.492 e. The van der Waals surface area contributed by atoms with Gasteiger partial charge in [0.25, 0.3) is 0 Å². The fraction of sp³-hybridized carbons (Fsp3) is 0.312. The molecule has 0 spiro atoms. The summed E-state index contributed by atoms with van der Waals surface area (Å²) in [6.07, 6.45) is 0.712. The normalized spacial score (nSPS) is 13.1. The third-order valence-electron chi connectivity index (χ3n) is 3.61. The Morgan fingerprint density at radius 3 is 2.88 bits per heavy atom. The average molecular weight is 422 g/mol. The molecule has 1 aliphatic rings. The quantitative estimate of drug-likeness (QED) is 0.730. The Morgan fingerprint density at radius 2 is 2.16 bits per heavy atom. The van der Waals surface area contributed by atoms with Crippen molar-refractivity contribution in [2.45, 2.75) is 25.6 Å². The first kappa shape index (κ1) is 17.9. The first-order valence-corrected chi connectivity index (χ1v) is 9.40. The minimum absolute atomic E-state index is 0.341. The van der Waals surface area contributed by atoms with E-state index in [1.54, 1.807) is 21.7 Å². The van der Waals surface area contributed by atoms with Crippen LogP contribution >= 0.6 is 27.3 Å². The third kappa shape index (κ3) is 4.04. The number of carbonyl (C=O) groups is 2. The maximum atomic E-state index is 12.0. The lowest BCUT2D eigenvalue weighted by Crippen LogP contribution is -2.39. The van der Waals surface area contributed by atoms with Gasteiger partial charge in [-0.15, -0.1) is 11.3 Å². The third-order valence-corrected chi connectivity index (χ3v) is 5.14. The molecule has 2 N–H and O–H groups in total. The molecule has 0 unspecified atom stereocenters. The van der Waals surface area contributed by atoms with Crippen LogP contribution in [0.15, 0.2) is 22.7 Å². The monoisotopic (exact) mass is 421 g/mol. The summed E-state index contributed by atoms with van der Waals surface area (Å²) in [7, 11) is 1.75. The van der Waals surface area contributed by atoms with Crippen molar-refractivity contribution >= 4 is 52.2 Å². The Balaban J connectivity index is 1.81. The number of fused-ring (bicyclic) bond motifs is 3. The highest BCUT2D eigenvalue weighted by Crippen LogP contribution is 2.40. The number of hydrogen-bond acceptors (Lipinski definition) is 5. The van der Waals surface area contributed by atoms with Crippen LogP contribution in [-0.2, 0) is 11.2 Å². The first-order chi connectivity index (χ1) is 11.7. The maximum absolute atomic E-state index is 12.0. The summed E-state index contributed by atoms with van der Waals surface area (Å²) in [5.74, 6) is 0.420. The lowest BCUT2D eigenvalue weighted by atomic mass is 9.72. The number of nitrogens with one attached hydrogen (secondary N) is 2. The zero-order chi connectivity index (χ0) is 18.2. The summed E-state index contributed by atoms with van der Waals surface area (Å²) in [5.41, 5.74) is 1.70. The summed E-state index contributed by atoms with van der Waals surface area (Å²) in [6, 6.07) is 5.21. The molecule has 2 aromatic rings. The second kappa shape index (κ2) is 6.80. The Bertz CT molecular complexity index is 848. The molecule has 25 heavy (non-hydrogen) atoms. The van der Waals surface area contributed by atoms with Gasteiger partial charge in [0.1, 0.15) is 13.6 Å². The zero-order valence-electron chi connectivity index (χ0n) is 14.1. The van der Waals surface area contributed by atoms with Crippen molar-refractivity contribution in [3.8, 4) is 17.0 Å². The second-order valence-electron chi connectivity index (χ2n) is 6.69. The van der Waals surface area contributed by atoms with Gasteiger partial charge in [-0.2, -0.15) is 0 Å². The van der Waals surface area contributed by atoms with Crippen LogP contribution in [0.25, 0.3) is 11.3 Å². The predicted molar refractivity (Wildman–Crippen MR) is 104 cm³/mol. The Morgan fingerprint density at radius 1 is 1.40 bits per heavy atom. The number of carbonyl (C=O) groups excluding carboxylic acids is 2. The van der Waals surface area contributed by atoms with Crippen molar-refractivity contribution in [1.82, 2.24) is 10.3 Å². The van der Waals surface area contributed by atoms with E-state index in [4.69, 9.17) is 4.74 Å². The molecule has 1 aliphatic heterocycles. The van der Waals surface area contributed by atoms with Gasteiger partial charge in [0, 0.05) is 26.6 Å². The van der Waals surface area contributed by atoms with Crippen LogP contribution in [0.4, 0.5) is 9.93 Å². The molecule has 1 aromatic carbocycles. The lowest BCUT2D eigenvalue weighted by Gasteiger charge is -2.16. The largest absolute Gasteiger partial charge is 0.492 e. The summed E-state index contributed by atoms with van der Waals surface area (Å²) in [4.78, 5) is 29.5. The van der Waals surface area contributed by atoms with E-state index in [1.165, 1.54) is 11.3 Å². The molecule has 0 atom stereocenters. The van der Waals surface area contributed by atoms with Gasteiger partial charge in [-0.3, -0.25) is 15.4 Å². The second-order valence-corrected chi connectivity index (χ2v) is 8.69. The molecule has 130 valence electrons. The van der Waals surface area contributed by atoms with E-state index in [1.807, 2.05) is 18.2 Å². The van der Waals surface area contributed by atoms with Gasteiger partial charge in [-0.25, -0.2) is 9.78 Å². The zero-order valence-corrected chi connectivity index (χ0v) is 16.5. The number of aromatic nitrogens is 1. The first-order valence-electron chi connectivity index (χ1n) is 7.79. The van der Waals surface area contributed by atoms with Crippen molar-refractivity contribution in [3.05, 3.63) is 27.5 Å². The number of halogens is 1. The highest BCUT2D eigenvalue weighted by atomic mass is 79.9. The Labute approximate surface area is 158 Å². The number of amides is 3. The van der Waals surface area contributed by atoms with E-state index in [0.29, 0.717) is 18.2 Å². The SMILES string of the molecule is BC(C)(C)C(=O)NC(=O)Nc1nc2c(s1)CCOc1cc(Br)ccc1-2. The van der Waals surface area contributed by atoms with E-state index in [-0.39, 0.29) is 5.91 Å². The van der Waals surface area contributed by atoms with Crippen molar-refractivity contribution in [1.29, 1.82) is 0 Å². The molecule has 3 rings (SSSR count). The van der Waals surface area contributed by atoms with Crippen molar-refractivity contribution in [2.24, 2.45) is 0 Å². The topological polar surface area (TPSA) is 80.3 Å². The molecule has 0 radical (unpaired) electrons. The van der Waals surface area contributed by atoms with Gasteiger partial charge in [0.15, 0.2) is 5.13 Å². The van der Waals surface area contributed by atoms with Crippen molar-refractivity contribution < 1.29 is 14.3 Å². The van der Waals surface area contributed by atoms with Crippen molar-refractivity contribution in [2.75, 3.05) is 11.9 Å². The Hall–Kier alpha value is -1.87. The maximum Gasteiger partial charge on any atom is 0.327 e.